The van der Waals surface area contributed by atoms with E-state index in [9.17, 15) is 15.1 Å². The van der Waals surface area contributed by atoms with Gasteiger partial charge in [0.25, 0.3) is 0 Å². The first-order valence-corrected chi connectivity index (χ1v) is 14.2. The van der Waals surface area contributed by atoms with Crippen LogP contribution in [0.4, 0.5) is 0 Å². The number of hydrogen-bond donors (Lipinski definition) is 0. The molecule has 2 aliphatic rings. The summed E-state index contributed by atoms with van der Waals surface area (Å²) in [5.74, 6) is -1.35. The van der Waals surface area contributed by atoms with Gasteiger partial charge < -0.3 is 23.7 Å². The lowest BCUT2D eigenvalue weighted by Gasteiger charge is -2.48. The van der Waals surface area contributed by atoms with E-state index in [0.717, 1.165) is 0 Å². The van der Waals surface area contributed by atoms with E-state index in [2.05, 4.69) is 10.0 Å². The van der Waals surface area contributed by atoms with Gasteiger partial charge in [-0.3, -0.25) is 0 Å². The van der Waals surface area contributed by atoms with E-state index < -0.39 is 42.6 Å². The van der Waals surface area contributed by atoms with Gasteiger partial charge in [-0.1, -0.05) is 76.6 Å². The molecule has 6 unspecified atom stereocenters. The molecule has 0 amide bonds. The summed E-state index contributed by atoms with van der Waals surface area (Å²) in [6, 6.07) is 17.0. The van der Waals surface area contributed by atoms with Crippen LogP contribution in [-0.4, -0.2) is 61.4 Å². The van der Waals surface area contributed by atoms with Gasteiger partial charge in [0.15, 0.2) is 6.29 Å². The zero-order valence-corrected chi connectivity index (χ0v) is 24.2. The number of esters is 2. The molecule has 10 nitrogen and oxygen atoms in total. The van der Waals surface area contributed by atoms with Gasteiger partial charge in [-0.25, -0.2) is 9.59 Å². The molecule has 0 bridgehead atoms. The highest BCUT2D eigenvalue weighted by atomic mass is 16.7. The van der Waals surface area contributed by atoms with Gasteiger partial charge in [-0.05, 0) is 55.0 Å². The molecule has 10 atom stereocenters. The Morgan fingerprint density at radius 1 is 0.833 bits per heavy atom. The number of carbonyl (C=O) groups is 2. The maximum absolute atomic E-state index is 12.9. The Morgan fingerprint density at radius 2 is 1.43 bits per heavy atom. The van der Waals surface area contributed by atoms with Crippen LogP contribution in [0.5, 0.6) is 0 Å². The molecule has 2 aromatic rings. The molecule has 228 valence electrons. The van der Waals surface area contributed by atoms with Crippen LogP contribution >= 0.6 is 0 Å². The van der Waals surface area contributed by atoms with Crippen molar-refractivity contribution in [1.29, 1.82) is 0 Å². The molecule has 0 spiro atoms. The lowest BCUT2D eigenvalue weighted by atomic mass is 9.82. The van der Waals surface area contributed by atoms with Crippen LogP contribution < -0.4 is 0 Å². The molecule has 0 aromatic heterocycles. The number of ether oxygens (including phenoxy) is 5. The van der Waals surface area contributed by atoms with Gasteiger partial charge in [-0.2, -0.15) is 0 Å². The summed E-state index contributed by atoms with van der Waals surface area (Å²) < 4.78 is 30.7. The van der Waals surface area contributed by atoms with Crippen LogP contribution in [-0.2, 0) is 23.7 Å². The van der Waals surface area contributed by atoms with Crippen molar-refractivity contribution in [2.24, 2.45) is 22.9 Å². The molecule has 0 aliphatic carbocycles. The van der Waals surface area contributed by atoms with Gasteiger partial charge in [0, 0.05) is 10.8 Å². The summed E-state index contributed by atoms with van der Waals surface area (Å²) in [6.45, 7) is 9.82. The summed E-state index contributed by atoms with van der Waals surface area (Å²) in [5, 5.41) is 4.03. The second-order valence-corrected chi connectivity index (χ2v) is 10.9. The predicted molar refractivity (Wildman–Crippen MR) is 158 cm³/mol. The number of azide groups is 1. The summed E-state index contributed by atoms with van der Waals surface area (Å²) in [4.78, 5) is 28.6. The zero-order valence-electron chi connectivity index (χ0n) is 24.2. The second-order valence-electron chi connectivity index (χ2n) is 10.9. The molecular weight excluding hydrogens is 538 g/mol. The highest BCUT2D eigenvalue weighted by Gasteiger charge is 2.49. The van der Waals surface area contributed by atoms with Crippen molar-refractivity contribution in [3.05, 3.63) is 82.2 Å². The van der Waals surface area contributed by atoms with Gasteiger partial charge in [0.1, 0.15) is 12.7 Å². The Labute approximate surface area is 248 Å². The van der Waals surface area contributed by atoms with Crippen LogP contribution in [0.1, 0.15) is 69.2 Å². The third kappa shape index (κ3) is 7.50. The second kappa shape index (κ2) is 15.2. The Hall–Kier alpha value is -3.43. The maximum atomic E-state index is 12.9. The minimum atomic E-state index is -0.915. The van der Waals surface area contributed by atoms with Crippen LogP contribution in [0.15, 0.2) is 65.8 Å². The number of benzene rings is 2. The summed E-state index contributed by atoms with van der Waals surface area (Å²) in [6.07, 6.45) is -2.49. The number of hydrogen-bond acceptors (Lipinski definition) is 8. The lowest BCUT2D eigenvalue weighted by molar-refractivity contribution is -0.295. The van der Waals surface area contributed by atoms with E-state index in [0.29, 0.717) is 17.5 Å². The quantitative estimate of drug-likeness (QED) is 0.141. The van der Waals surface area contributed by atoms with Crippen molar-refractivity contribution in [1.82, 2.24) is 0 Å². The standard InChI is InChI=1S/C31H39N3O7.CH4/c1-6-24-28(20(4)27(21(5)38-24)40-30(36)23-15-11-8-12-16-23)41-31-26(33-34-32)19(3)18(2)25(39-31)17-37-29(35)22-13-9-7-10-14-22;/h7-16,18-21,24-28,31H,6,17H2,1-5H3;1H4/t18?,19-,20?,21?,24-,25?,26-,27?,28-,31?;/m0./s1. The van der Waals surface area contributed by atoms with Crippen LogP contribution in [0.3, 0.4) is 0 Å². The minimum Gasteiger partial charge on any atom is -0.459 e. The van der Waals surface area contributed by atoms with E-state index in [4.69, 9.17) is 23.7 Å². The molecule has 0 radical (unpaired) electrons. The zero-order chi connectivity index (χ0) is 29.5. The van der Waals surface area contributed by atoms with Crippen molar-refractivity contribution >= 4 is 11.9 Å². The summed E-state index contributed by atoms with van der Waals surface area (Å²) >= 11 is 0. The van der Waals surface area contributed by atoms with E-state index >= 15 is 0 Å². The number of rotatable bonds is 9. The van der Waals surface area contributed by atoms with Crippen molar-refractivity contribution in [3.63, 3.8) is 0 Å². The average Bonchev–Trinajstić information content (AvgIpc) is 2.99. The lowest BCUT2D eigenvalue weighted by Crippen LogP contribution is -2.58. The fourth-order valence-electron chi connectivity index (χ4n) is 5.66. The Balaban J connectivity index is 0.00000484. The number of nitrogens with zero attached hydrogens (tertiary/aromatic N) is 3. The molecule has 4 rings (SSSR count). The van der Waals surface area contributed by atoms with Crippen LogP contribution in [0.25, 0.3) is 10.4 Å². The topological polar surface area (TPSA) is 129 Å². The maximum Gasteiger partial charge on any atom is 0.338 e. The highest BCUT2D eigenvalue weighted by Crippen LogP contribution is 2.38. The predicted octanol–water partition coefficient (Wildman–Crippen LogP) is 6.60. The van der Waals surface area contributed by atoms with E-state index in [1.807, 2.05) is 46.8 Å². The van der Waals surface area contributed by atoms with Crippen LogP contribution in [0.2, 0.25) is 0 Å². The van der Waals surface area contributed by atoms with Crippen molar-refractivity contribution in [2.75, 3.05) is 6.61 Å². The first kappa shape index (κ1) is 33.1. The normalized spacial score (nSPS) is 32.5. The fourth-order valence-corrected chi connectivity index (χ4v) is 5.66. The molecule has 2 saturated heterocycles. The van der Waals surface area contributed by atoms with Gasteiger partial charge >= 0.3 is 11.9 Å². The van der Waals surface area contributed by atoms with Crippen molar-refractivity contribution in [3.8, 4) is 0 Å². The Morgan fingerprint density at radius 3 is 2.00 bits per heavy atom. The van der Waals surface area contributed by atoms with Gasteiger partial charge in [0.2, 0.25) is 0 Å². The van der Waals surface area contributed by atoms with Gasteiger partial charge in [-0.15, -0.1) is 0 Å². The summed E-state index contributed by atoms with van der Waals surface area (Å²) in [5.41, 5.74) is 10.3. The van der Waals surface area contributed by atoms with E-state index in [-0.39, 0.29) is 44.0 Å². The largest absolute Gasteiger partial charge is 0.459 e. The highest BCUT2D eigenvalue weighted by molar-refractivity contribution is 5.89. The Kier molecular flexibility index (Phi) is 11.9. The SMILES string of the molecule is C.CC[C@@H]1OC(C)C(OC(=O)c2ccccc2)C(C)[C@@H]1OC1OC(COC(=O)c2ccccc2)C(C)[C@H](C)[C@@H]1N=[N+]=[N-]. The van der Waals surface area contributed by atoms with Gasteiger partial charge in [0.05, 0.1) is 41.6 Å². The first-order valence-electron chi connectivity index (χ1n) is 14.2. The monoisotopic (exact) mass is 581 g/mol. The molecule has 2 aliphatic heterocycles. The number of carbonyl (C=O) groups excluding carboxylic acids is 2. The Bertz CT molecular complexity index is 1210. The third-order valence-electron chi connectivity index (χ3n) is 8.32. The molecular formula is C32H43N3O7. The summed E-state index contributed by atoms with van der Waals surface area (Å²) in [7, 11) is 0. The van der Waals surface area contributed by atoms with E-state index in [1.54, 1.807) is 48.5 Å². The molecule has 2 fully saturated rings. The van der Waals surface area contributed by atoms with Crippen molar-refractivity contribution < 1.29 is 33.3 Å². The molecule has 42 heavy (non-hydrogen) atoms. The third-order valence-corrected chi connectivity index (χ3v) is 8.32. The smallest absolute Gasteiger partial charge is 0.338 e. The van der Waals surface area contributed by atoms with Crippen molar-refractivity contribution in [2.45, 2.75) is 91.3 Å². The minimum absolute atomic E-state index is 0. The molecule has 2 aromatic carbocycles. The molecule has 2 heterocycles. The van der Waals surface area contributed by atoms with E-state index in [1.165, 1.54) is 0 Å². The fraction of sp³-hybridized carbons (Fsp3) is 0.562. The van der Waals surface area contributed by atoms with Crippen LogP contribution in [0, 0.1) is 17.8 Å². The molecule has 0 saturated carbocycles. The molecule has 10 heteroatoms. The molecule has 0 N–H and O–H groups in total. The average molecular weight is 582 g/mol. The first-order chi connectivity index (χ1) is 19.7.